The predicted molar refractivity (Wildman–Crippen MR) is 129 cm³/mol. The highest BCUT2D eigenvalue weighted by Gasteiger charge is 2.22. The Hall–Kier alpha value is -2.15. The fourth-order valence-electron chi connectivity index (χ4n) is 3.02. The Morgan fingerprint density at radius 3 is 2.33 bits per heavy atom. The summed E-state index contributed by atoms with van der Waals surface area (Å²) in [6.07, 6.45) is 0.0996. The number of aromatic nitrogens is 1. The van der Waals surface area contributed by atoms with Crippen LogP contribution in [0.15, 0.2) is 36.4 Å². The number of halogens is 1. The minimum absolute atomic E-state index is 0. The summed E-state index contributed by atoms with van der Waals surface area (Å²) in [4.78, 5) is 22.0. The van der Waals surface area contributed by atoms with Gasteiger partial charge in [-0.1, -0.05) is 17.4 Å². The molecule has 0 atom stereocenters. The van der Waals surface area contributed by atoms with Crippen molar-refractivity contribution in [2.75, 3.05) is 32.1 Å². The van der Waals surface area contributed by atoms with Gasteiger partial charge in [0.1, 0.15) is 5.75 Å². The van der Waals surface area contributed by atoms with Crippen LogP contribution >= 0.6 is 23.7 Å². The smallest absolute Gasteiger partial charge is 0.260 e. The molecule has 0 aliphatic rings. The van der Waals surface area contributed by atoms with Gasteiger partial charge in [-0.3, -0.25) is 9.69 Å². The molecule has 0 saturated heterocycles. The van der Waals surface area contributed by atoms with Gasteiger partial charge in [-0.15, -0.1) is 12.4 Å². The molecule has 3 rings (SSSR count). The number of carbonyl (C=O) groups is 1. The lowest BCUT2D eigenvalue weighted by atomic mass is 10.1. The van der Waals surface area contributed by atoms with E-state index in [2.05, 4.69) is 30.9 Å². The largest absolute Gasteiger partial charge is 0.491 e. The SMILES string of the molecule is Cc1ccc2sc(N(CCN(C)C)C(=O)c3ccc(OC(C)C)cc3)nc2c1C.Cl. The molecule has 2 aromatic carbocycles. The Morgan fingerprint density at radius 2 is 1.73 bits per heavy atom. The average Bonchev–Trinajstić information content (AvgIpc) is 3.09. The summed E-state index contributed by atoms with van der Waals surface area (Å²) in [5.41, 5.74) is 3.99. The van der Waals surface area contributed by atoms with Crippen LogP contribution in [0.25, 0.3) is 10.2 Å². The molecule has 0 radical (unpaired) electrons. The van der Waals surface area contributed by atoms with E-state index >= 15 is 0 Å². The second-order valence-electron chi connectivity index (χ2n) is 7.80. The van der Waals surface area contributed by atoms with E-state index in [4.69, 9.17) is 9.72 Å². The average molecular weight is 448 g/mol. The van der Waals surface area contributed by atoms with Crippen molar-refractivity contribution in [3.05, 3.63) is 53.1 Å². The molecule has 0 saturated carbocycles. The van der Waals surface area contributed by atoms with Gasteiger partial charge in [0.15, 0.2) is 5.13 Å². The first-order valence-electron chi connectivity index (χ1n) is 9.86. The Bertz CT molecular complexity index is 1000. The van der Waals surface area contributed by atoms with Gasteiger partial charge >= 0.3 is 0 Å². The van der Waals surface area contributed by atoms with E-state index in [1.807, 2.05) is 52.2 Å². The van der Waals surface area contributed by atoms with E-state index < -0.39 is 0 Å². The quantitative estimate of drug-likeness (QED) is 0.491. The minimum Gasteiger partial charge on any atom is -0.491 e. The predicted octanol–water partition coefficient (Wildman–Crippen LogP) is 5.33. The molecule has 3 aromatic rings. The van der Waals surface area contributed by atoms with Gasteiger partial charge in [-0.2, -0.15) is 0 Å². The maximum absolute atomic E-state index is 13.4. The molecule has 0 aliphatic heterocycles. The first kappa shape index (κ1) is 24.1. The third-order valence-electron chi connectivity index (χ3n) is 4.79. The normalized spacial score (nSPS) is 11.1. The number of hydrogen-bond acceptors (Lipinski definition) is 5. The number of hydrogen-bond donors (Lipinski definition) is 0. The van der Waals surface area contributed by atoms with Crippen LogP contribution in [0.5, 0.6) is 5.75 Å². The lowest BCUT2D eigenvalue weighted by Gasteiger charge is -2.22. The molecule has 0 spiro atoms. The topological polar surface area (TPSA) is 45.7 Å². The second-order valence-corrected chi connectivity index (χ2v) is 8.81. The molecular formula is C23H30ClN3O2S. The summed E-state index contributed by atoms with van der Waals surface area (Å²) in [6.45, 7) is 9.48. The summed E-state index contributed by atoms with van der Waals surface area (Å²) in [7, 11) is 4.01. The summed E-state index contributed by atoms with van der Waals surface area (Å²) < 4.78 is 6.80. The van der Waals surface area contributed by atoms with Crippen LogP contribution in [-0.4, -0.2) is 49.1 Å². The minimum atomic E-state index is -0.0450. The number of likely N-dealkylation sites (N-methyl/N-ethyl adjacent to an activating group) is 1. The number of aryl methyl sites for hydroxylation is 2. The van der Waals surface area contributed by atoms with E-state index in [0.717, 1.165) is 27.6 Å². The van der Waals surface area contributed by atoms with Gasteiger partial charge in [-0.05, 0) is 83.2 Å². The van der Waals surface area contributed by atoms with Crippen molar-refractivity contribution in [1.82, 2.24) is 9.88 Å². The van der Waals surface area contributed by atoms with E-state index in [1.54, 1.807) is 16.2 Å². The number of anilines is 1. The number of carbonyl (C=O) groups excluding carboxylic acids is 1. The molecule has 1 heterocycles. The third-order valence-corrected chi connectivity index (χ3v) is 5.84. The van der Waals surface area contributed by atoms with Crippen molar-refractivity contribution in [2.24, 2.45) is 0 Å². The first-order valence-corrected chi connectivity index (χ1v) is 10.7. The van der Waals surface area contributed by atoms with Crippen LogP contribution in [0.4, 0.5) is 5.13 Å². The lowest BCUT2D eigenvalue weighted by molar-refractivity contribution is 0.0985. The molecule has 0 fully saturated rings. The molecule has 0 N–H and O–H groups in total. The monoisotopic (exact) mass is 447 g/mol. The number of fused-ring (bicyclic) bond motifs is 1. The van der Waals surface area contributed by atoms with Crippen molar-refractivity contribution >= 4 is 45.0 Å². The molecular weight excluding hydrogens is 418 g/mol. The zero-order chi connectivity index (χ0) is 21.1. The number of rotatable bonds is 7. The van der Waals surface area contributed by atoms with E-state index in [0.29, 0.717) is 12.1 Å². The number of nitrogens with zero attached hydrogens (tertiary/aromatic N) is 3. The van der Waals surface area contributed by atoms with Crippen LogP contribution in [0.3, 0.4) is 0 Å². The maximum atomic E-state index is 13.4. The molecule has 1 amide bonds. The summed E-state index contributed by atoms with van der Waals surface area (Å²) in [5, 5.41) is 0.739. The molecule has 7 heteroatoms. The van der Waals surface area contributed by atoms with Crippen molar-refractivity contribution in [3.63, 3.8) is 0 Å². The summed E-state index contributed by atoms with van der Waals surface area (Å²) in [5.74, 6) is 0.721. The number of benzene rings is 2. The van der Waals surface area contributed by atoms with Gasteiger partial charge in [0, 0.05) is 18.7 Å². The Kier molecular flexibility index (Phi) is 8.24. The van der Waals surface area contributed by atoms with Gasteiger partial charge < -0.3 is 9.64 Å². The molecule has 1 aromatic heterocycles. The van der Waals surface area contributed by atoms with Crippen molar-refractivity contribution < 1.29 is 9.53 Å². The molecule has 0 unspecified atom stereocenters. The Balaban J connectivity index is 0.00000320. The van der Waals surface area contributed by atoms with Crippen molar-refractivity contribution in [1.29, 1.82) is 0 Å². The summed E-state index contributed by atoms with van der Waals surface area (Å²) in [6, 6.07) is 11.5. The lowest BCUT2D eigenvalue weighted by Crippen LogP contribution is -2.36. The first-order chi connectivity index (χ1) is 13.8. The highest BCUT2D eigenvalue weighted by molar-refractivity contribution is 7.22. The van der Waals surface area contributed by atoms with Gasteiger partial charge in [0.2, 0.25) is 0 Å². The zero-order valence-electron chi connectivity index (χ0n) is 18.4. The molecule has 5 nitrogen and oxygen atoms in total. The van der Waals surface area contributed by atoms with Gasteiger partial charge in [0.25, 0.3) is 5.91 Å². The zero-order valence-corrected chi connectivity index (χ0v) is 20.1. The van der Waals surface area contributed by atoms with Crippen LogP contribution < -0.4 is 9.64 Å². The van der Waals surface area contributed by atoms with E-state index in [-0.39, 0.29) is 24.4 Å². The fraction of sp³-hybridized carbons (Fsp3) is 0.391. The number of ether oxygens (including phenoxy) is 1. The highest BCUT2D eigenvalue weighted by atomic mass is 35.5. The molecule has 162 valence electrons. The van der Waals surface area contributed by atoms with Crippen LogP contribution in [0.1, 0.15) is 35.3 Å². The van der Waals surface area contributed by atoms with Gasteiger partial charge in [0.05, 0.1) is 16.3 Å². The molecule has 30 heavy (non-hydrogen) atoms. The standard InChI is InChI=1S/C23H29N3O2S.ClH/c1-15(2)28-19-10-8-18(9-11-19)22(27)26(14-13-25(5)6)23-24-21-17(4)16(3)7-12-20(21)29-23;/h7-12,15H,13-14H2,1-6H3;1H. The molecule has 0 aliphatic carbocycles. The van der Waals surface area contributed by atoms with Crippen LogP contribution in [0, 0.1) is 13.8 Å². The van der Waals surface area contributed by atoms with Crippen molar-refractivity contribution in [2.45, 2.75) is 33.8 Å². The van der Waals surface area contributed by atoms with Crippen molar-refractivity contribution in [3.8, 4) is 5.75 Å². The number of amides is 1. The third kappa shape index (κ3) is 5.50. The van der Waals surface area contributed by atoms with E-state index in [1.165, 1.54) is 11.1 Å². The summed E-state index contributed by atoms with van der Waals surface area (Å²) >= 11 is 1.57. The molecule has 0 bridgehead atoms. The maximum Gasteiger partial charge on any atom is 0.260 e. The Labute approximate surface area is 189 Å². The fourth-order valence-corrected chi connectivity index (χ4v) is 4.07. The second kappa shape index (κ2) is 10.2. The Morgan fingerprint density at radius 1 is 1.07 bits per heavy atom. The van der Waals surface area contributed by atoms with Gasteiger partial charge in [-0.25, -0.2) is 4.98 Å². The van der Waals surface area contributed by atoms with Crippen LogP contribution in [0.2, 0.25) is 0 Å². The van der Waals surface area contributed by atoms with E-state index in [9.17, 15) is 4.79 Å². The highest BCUT2D eigenvalue weighted by Crippen LogP contribution is 2.32. The van der Waals surface area contributed by atoms with Crippen LogP contribution in [-0.2, 0) is 0 Å². The number of thiazole rings is 1.